The number of aliphatic carboxylic acids is 1. The highest BCUT2D eigenvalue weighted by atomic mass is 35.5. The van der Waals surface area contributed by atoms with Gasteiger partial charge in [-0.1, -0.05) is 18.5 Å². The first-order valence-electron chi connectivity index (χ1n) is 8.20. The summed E-state index contributed by atoms with van der Waals surface area (Å²) < 4.78 is 5.45. The number of hydrogen-bond acceptors (Lipinski definition) is 6. The Morgan fingerprint density at radius 3 is 2.88 bits per heavy atom. The summed E-state index contributed by atoms with van der Waals surface area (Å²) in [7, 11) is 1.53. The zero-order chi connectivity index (χ0) is 19.4. The van der Waals surface area contributed by atoms with Crippen molar-refractivity contribution in [2.24, 2.45) is 5.92 Å². The fourth-order valence-corrected chi connectivity index (χ4v) is 3.11. The molecule has 1 aromatic heterocycles. The van der Waals surface area contributed by atoms with Crippen LogP contribution in [0.2, 0.25) is 5.02 Å². The van der Waals surface area contributed by atoms with E-state index >= 15 is 0 Å². The molecule has 1 fully saturated rings. The number of carboxylic acids is 1. The topological polar surface area (TPSA) is 138 Å². The third-order valence-corrected chi connectivity index (χ3v) is 4.79. The highest BCUT2D eigenvalue weighted by molar-refractivity contribution is 6.33. The molecule has 0 spiro atoms. The minimum absolute atomic E-state index is 0.00356. The molecule has 0 bridgehead atoms. The zero-order valence-corrected chi connectivity index (χ0v) is 15.4. The number of H-pyrrole nitrogens is 1. The average molecular weight is 387 g/mol. The predicted molar refractivity (Wildman–Crippen MR) is 96.4 cm³/mol. The molecule has 0 aromatic carbocycles. The number of carboxylic acid groups (broad SMARTS) is 1. The highest BCUT2D eigenvalue weighted by Crippen LogP contribution is 2.17. The van der Waals surface area contributed by atoms with Crippen molar-refractivity contribution in [3.8, 4) is 0 Å². The lowest BCUT2D eigenvalue weighted by Crippen LogP contribution is -2.56. The molecule has 9 nitrogen and oxygen atoms in total. The molecule has 3 atom stereocenters. The minimum atomic E-state index is -0.853. The molecule has 10 heteroatoms. The van der Waals surface area contributed by atoms with Gasteiger partial charge < -0.3 is 25.9 Å². The Bertz CT molecular complexity index is 738. The van der Waals surface area contributed by atoms with Gasteiger partial charge >= 0.3 is 5.97 Å². The Morgan fingerprint density at radius 2 is 2.27 bits per heavy atom. The number of nitrogens with zero attached hydrogens (tertiary/aromatic N) is 1. The van der Waals surface area contributed by atoms with Crippen LogP contribution in [0.25, 0.3) is 0 Å². The third kappa shape index (κ3) is 4.75. The van der Waals surface area contributed by atoms with Gasteiger partial charge in [-0.2, -0.15) is 0 Å². The number of amides is 1. The zero-order valence-electron chi connectivity index (χ0n) is 14.6. The second-order valence-electron chi connectivity index (χ2n) is 6.42. The van der Waals surface area contributed by atoms with Crippen LogP contribution < -0.4 is 16.6 Å². The smallest absolute Gasteiger partial charge is 0.307 e. The van der Waals surface area contributed by atoms with Crippen molar-refractivity contribution in [3.63, 3.8) is 0 Å². The van der Waals surface area contributed by atoms with Crippen molar-refractivity contribution in [1.82, 2.24) is 15.2 Å². The van der Waals surface area contributed by atoms with Gasteiger partial charge in [0.15, 0.2) is 0 Å². The van der Waals surface area contributed by atoms with Crippen molar-refractivity contribution in [3.05, 3.63) is 27.0 Å². The van der Waals surface area contributed by atoms with Gasteiger partial charge in [-0.3, -0.25) is 19.3 Å². The van der Waals surface area contributed by atoms with E-state index in [1.807, 2.05) is 4.90 Å². The summed E-state index contributed by atoms with van der Waals surface area (Å²) in [5.74, 6) is -1.90. The van der Waals surface area contributed by atoms with Crippen molar-refractivity contribution in [1.29, 1.82) is 0 Å². The third-order valence-electron chi connectivity index (χ3n) is 4.48. The van der Waals surface area contributed by atoms with Crippen LogP contribution in [-0.2, 0) is 9.53 Å². The molecule has 1 aliphatic heterocycles. The summed E-state index contributed by atoms with van der Waals surface area (Å²) in [6.45, 7) is 3.15. The maximum Gasteiger partial charge on any atom is 0.307 e. The van der Waals surface area contributed by atoms with Crippen molar-refractivity contribution < 1.29 is 19.4 Å². The lowest BCUT2D eigenvalue weighted by molar-refractivity contribution is -0.142. The maximum absolute atomic E-state index is 12.4. The van der Waals surface area contributed by atoms with E-state index in [9.17, 15) is 14.4 Å². The summed E-state index contributed by atoms with van der Waals surface area (Å²) >= 11 is 5.87. The lowest BCUT2D eigenvalue weighted by Gasteiger charge is -2.38. The molecule has 1 amide bonds. The van der Waals surface area contributed by atoms with Gasteiger partial charge in [0, 0.05) is 26.7 Å². The Morgan fingerprint density at radius 1 is 1.58 bits per heavy atom. The van der Waals surface area contributed by atoms with E-state index in [2.05, 4.69) is 10.3 Å². The van der Waals surface area contributed by atoms with Crippen molar-refractivity contribution in [2.75, 3.05) is 32.5 Å². The molecule has 5 N–H and O–H groups in total. The highest BCUT2D eigenvalue weighted by Gasteiger charge is 2.32. The van der Waals surface area contributed by atoms with Gasteiger partial charge in [0.1, 0.15) is 11.4 Å². The van der Waals surface area contributed by atoms with E-state index in [4.69, 9.17) is 27.2 Å². The van der Waals surface area contributed by atoms with Gasteiger partial charge in [-0.25, -0.2) is 0 Å². The van der Waals surface area contributed by atoms with Crippen LogP contribution in [0, 0.1) is 5.92 Å². The monoisotopic (exact) mass is 386 g/mol. The summed E-state index contributed by atoms with van der Waals surface area (Å²) in [5.41, 5.74) is 4.76. The maximum atomic E-state index is 12.4. The van der Waals surface area contributed by atoms with Gasteiger partial charge in [-0.15, -0.1) is 0 Å². The van der Waals surface area contributed by atoms with Crippen molar-refractivity contribution >= 4 is 29.3 Å². The van der Waals surface area contributed by atoms with E-state index in [0.717, 1.165) is 0 Å². The Hall–Kier alpha value is -2.10. The van der Waals surface area contributed by atoms with E-state index in [-0.39, 0.29) is 28.5 Å². The van der Waals surface area contributed by atoms with Crippen molar-refractivity contribution in [2.45, 2.75) is 25.5 Å². The number of carbonyl (C=O) groups is 2. The van der Waals surface area contributed by atoms with Gasteiger partial charge in [-0.05, 0) is 12.5 Å². The molecule has 2 heterocycles. The van der Waals surface area contributed by atoms with E-state index in [1.165, 1.54) is 13.2 Å². The number of anilines is 1. The quantitative estimate of drug-likeness (QED) is 0.546. The molecule has 1 aromatic rings. The summed E-state index contributed by atoms with van der Waals surface area (Å²) in [4.78, 5) is 39.7. The van der Waals surface area contributed by atoms with E-state index in [1.54, 1.807) is 6.92 Å². The molecule has 26 heavy (non-hydrogen) atoms. The van der Waals surface area contributed by atoms with Crippen LogP contribution in [-0.4, -0.2) is 65.8 Å². The number of aromatic amines is 1. The number of pyridine rings is 1. The van der Waals surface area contributed by atoms with Gasteiger partial charge in [0.05, 0.1) is 23.1 Å². The number of likely N-dealkylation sites (tertiary alicyclic amines) is 1. The Balaban J connectivity index is 2.03. The molecule has 2 rings (SSSR count). The van der Waals surface area contributed by atoms with E-state index < -0.39 is 23.4 Å². The standard InChI is InChI=1S/C16H23ClN4O5/c1-8(16(24)25)6-21-4-3-11(12(7-21)26-2)19-14(22)9-5-10(17)13(18)20-15(9)23/h5,8,11-12H,3-4,6-7H2,1-2H3,(H,19,22)(H,24,25)(H3,18,20,23)/t8-,11-,12+/m0/s1. The number of methoxy groups -OCH3 is 1. The number of halogens is 1. The first-order chi connectivity index (χ1) is 12.2. The number of rotatable bonds is 6. The number of hydrogen-bond donors (Lipinski definition) is 4. The molecule has 1 saturated heterocycles. The van der Waals surface area contributed by atoms with Crippen LogP contribution in [0.4, 0.5) is 5.82 Å². The summed E-state index contributed by atoms with van der Waals surface area (Å²) in [5, 5.41) is 11.9. The fraction of sp³-hybridized carbons (Fsp3) is 0.562. The molecule has 0 unspecified atom stereocenters. The fourth-order valence-electron chi connectivity index (χ4n) is 2.95. The Kier molecular flexibility index (Phi) is 6.63. The average Bonchev–Trinajstić information content (AvgIpc) is 2.59. The number of nitrogens with one attached hydrogen (secondary N) is 2. The number of carbonyl (C=O) groups excluding carboxylic acids is 1. The van der Waals surface area contributed by atoms with Crippen LogP contribution in [0.1, 0.15) is 23.7 Å². The molecule has 1 aliphatic rings. The lowest BCUT2D eigenvalue weighted by atomic mass is 9.99. The molecular weight excluding hydrogens is 364 g/mol. The normalized spacial score (nSPS) is 22.0. The van der Waals surface area contributed by atoms with Crippen LogP contribution >= 0.6 is 11.6 Å². The molecular formula is C16H23ClN4O5. The van der Waals surface area contributed by atoms with Crippen LogP contribution in [0.5, 0.6) is 0 Å². The summed E-state index contributed by atoms with van der Waals surface area (Å²) in [6, 6.07) is 0.927. The summed E-state index contributed by atoms with van der Waals surface area (Å²) in [6.07, 6.45) is 0.244. The van der Waals surface area contributed by atoms with Crippen LogP contribution in [0.3, 0.4) is 0 Å². The number of nitrogens with two attached hydrogens (primary N) is 1. The SMILES string of the molecule is CO[C@@H]1CN(C[C@H](C)C(=O)O)CC[C@@H]1NC(=O)c1cc(Cl)c(N)[nH]c1=O. The minimum Gasteiger partial charge on any atom is -0.481 e. The number of nitrogen functional groups attached to an aromatic ring is 1. The number of ether oxygens (including phenoxy) is 1. The Labute approximate surface area is 155 Å². The first kappa shape index (κ1) is 20.2. The van der Waals surface area contributed by atoms with Gasteiger partial charge in [0.2, 0.25) is 0 Å². The second-order valence-corrected chi connectivity index (χ2v) is 6.82. The number of aromatic nitrogens is 1. The van der Waals surface area contributed by atoms with Gasteiger partial charge in [0.25, 0.3) is 11.5 Å². The predicted octanol–water partition coefficient (Wildman–Crippen LogP) is 0.150. The largest absolute Gasteiger partial charge is 0.481 e. The second kappa shape index (κ2) is 8.52. The molecule has 0 aliphatic carbocycles. The first-order valence-corrected chi connectivity index (χ1v) is 8.57. The molecule has 0 radical (unpaired) electrons. The van der Waals surface area contributed by atoms with E-state index in [0.29, 0.717) is 26.1 Å². The number of piperidine rings is 1. The van der Waals surface area contributed by atoms with Crippen LogP contribution in [0.15, 0.2) is 10.9 Å². The molecule has 144 valence electrons. The molecule has 0 saturated carbocycles.